The quantitative estimate of drug-likeness (QED) is 0.699. The molecule has 0 aliphatic heterocycles. The molecule has 2 aliphatic rings. The van der Waals surface area contributed by atoms with Gasteiger partial charge in [0.05, 0.1) is 12.7 Å². The van der Waals surface area contributed by atoms with E-state index < -0.39 is 0 Å². The summed E-state index contributed by atoms with van der Waals surface area (Å²) in [5, 5.41) is 13.3. The van der Waals surface area contributed by atoms with E-state index in [0.717, 1.165) is 18.4 Å². The van der Waals surface area contributed by atoms with Crippen LogP contribution in [0.1, 0.15) is 51.9 Å². The summed E-state index contributed by atoms with van der Waals surface area (Å²) in [4.78, 5) is 0. The van der Waals surface area contributed by atoms with Crippen LogP contribution in [-0.4, -0.2) is 37.0 Å². The van der Waals surface area contributed by atoms with Gasteiger partial charge in [0.15, 0.2) is 0 Å². The van der Waals surface area contributed by atoms with Gasteiger partial charge in [-0.1, -0.05) is 19.3 Å². The largest absolute Gasteiger partial charge is 0.389 e. The molecule has 0 heterocycles. The highest BCUT2D eigenvalue weighted by Gasteiger charge is 2.22. The Labute approximate surface area is 111 Å². The highest BCUT2D eigenvalue weighted by molar-refractivity contribution is 4.77. The summed E-state index contributed by atoms with van der Waals surface area (Å²) >= 11 is 0. The molecule has 0 aromatic carbocycles. The number of rotatable bonds is 8. The molecule has 0 spiro atoms. The summed E-state index contributed by atoms with van der Waals surface area (Å²) in [6, 6.07) is 0.531. The van der Waals surface area contributed by atoms with E-state index in [1.54, 1.807) is 0 Å². The second kappa shape index (κ2) is 7.46. The molecule has 0 amide bonds. The summed E-state index contributed by atoms with van der Waals surface area (Å²) in [5.41, 5.74) is 0. The van der Waals surface area contributed by atoms with E-state index in [9.17, 15) is 5.11 Å². The van der Waals surface area contributed by atoms with Crippen LogP contribution < -0.4 is 5.32 Å². The maximum Gasteiger partial charge on any atom is 0.0897 e. The van der Waals surface area contributed by atoms with Crippen molar-refractivity contribution in [1.82, 2.24) is 5.32 Å². The van der Waals surface area contributed by atoms with E-state index in [-0.39, 0.29) is 6.10 Å². The Kier molecular flexibility index (Phi) is 5.93. The van der Waals surface area contributed by atoms with Crippen molar-refractivity contribution in [3.05, 3.63) is 0 Å². The van der Waals surface area contributed by atoms with Gasteiger partial charge in [0.25, 0.3) is 0 Å². The third-order valence-corrected chi connectivity index (χ3v) is 4.39. The zero-order chi connectivity index (χ0) is 12.8. The number of hydrogen-bond acceptors (Lipinski definition) is 3. The summed E-state index contributed by atoms with van der Waals surface area (Å²) < 4.78 is 5.51. The topological polar surface area (TPSA) is 41.5 Å². The van der Waals surface area contributed by atoms with Crippen LogP contribution in [0.5, 0.6) is 0 Å². The Bertz CT molecular complexity index is 225. The van der Waals surface area contributed by atoms with Gasteiger partial charge in [0, 0.05) is 19.2 Å². The van der Waals surface area contributed by atoms with Gasteiger partial charge in [-0.2, -0.15) is 0 Å². The number of aliphatic hydroxyl groups is 1. The normalized spacial score (nSPS) is 25.0. The molecular weight excluding hydrogens is 226 g/mol. The molecule has 0 radical (unpaired) electrons. The molecular formula is C15H29NO2. The zero-order valence-corrected chi connectivity index (χ0v) is 11.7. The predicted octanol–water partition coefficient (Wildman–Crippen LogP) is 2.33. The van der Waals surface area contributed by atoms with Crippen molar-refractivity contribution in [2.24, 2.45) is 11.8 Å². The lowest BCUT2D eigenvalue weighted by atomic mass is 9.84. The van der Waals surface area contributed by atoms with Crippen molar-refractivity contribution < 1.29 is 9.84 Å². The van der Waals surface area contributed by atoms with Crippen molar-refractivity contribution in [1.29, 1.82) is 0 Å². The molecule has 2 aliphatic carbocycles. The number of hydrogen-bond donors (Lipinski definition) is 2. The third kappa shape index (κ3) is 5.25. The second-order valence-corrected chi connectivity index (χ2v) is 6.23. The maximum atomic E-state index is 9.84. The van der Waals surface area contributed by atoms with Crippen LogP contribution in [0.3, 0.4) is 0 Å². The maximum absolute atomic E-state index is 9.84. The van der Waals surface area contributed by atoms with Crippen LogP contribution in [0.25, 0.3) is 0 Å². The van der Waals surface area contributed by atoms with Crippen LogP contribution >= 0.6 is 0 Å². The Morgan fingerprint density at radius 2 is 1.89 bits per heavy atom. The van der Waals surface area contributed by atoms with Crippen LogP contribution in [0.2, 0.25) is 0 Å². The lowest BCUT2D eigenvalue weighted by Gasteiger charge is -2.29. The van der Waals surface area contributed by atoms with Crippen LogP contribution in [0, 0.1) is 11.8 Å². The van der Waals surface area contributed by atoms with Gasteiger partial charge in [-0.05, 0) is 44.4 Å². The second-order valence-electron chi connectivity index (χ2n) is 6.23. The van der Waals surface area contributed by atoms with E-state index in [1.807, 2.05) is 0 Å². The van der Waals surface area contributed by atoms with E-state index >= 15 is 0 Å². The van der Waals surface area contributed by atoms with Gasteiger partial charge < -0.3 is 15.2 Å². The minimum absolute atomic E-state index is 0.352. The smallest absolute Gasteiger partial charge is 0.0897 e. The van der Waals surface area contributed by atoms with E-state index in [0.29, 0.717) is 19.2 Å². The Morgan fingerprint density at radius 3 is 2.56 bits per heavy atom. The minimum Gasteiger partial charge on any atom is -0.389 e. The average molecular weight is 255 g/mol. The van der Waals surface area contributed by atoms with E-state index in [4.69, 9.17) is 4.74 Å². The number of nitrogens with one attached hydrogen (secondary N) is 1. The predicted molar refractivity (Wildman–Crippen MR) is 73.6 cm³/mol. The summed E-state index contributed by atoms with van der Waals surface area (Å²) in [6.45, 7) is 4.26. The van der Waals surface area contributed by atoms with Crippen molar-refractivity contribution in [3.8, 4) is 0 Å². The summed E-state index contributed by atoms with van der Waals surface area (Å²) in [5.74, 6) is 1.59. The molecule has 0 aromatic heterocycles. The minimum atomic E-state index is -0.352. The molecule has 2 rings (SSSR count). The molecule has 2 saturated carbocycles. The average Bonchev–Trinajstić information content (AvgIpc) is 3.21. The first-order valence-electron chi connectivity index (χ1n) is 7.75. The first-order chi connectivity index (χ1) is 8.75. The van der Waals surface area contributed by atoms with Gasteiger partial charge >= 0.3 is 0 Å². The Morgan fingerprint density at radius 1 is 1.17 bits per heavy atom. The molecule has 3 nitrogen and oxygen atoms in total. The SMILES string of the molecule is C[C@H](NCC(O)COCC1CC1)C1CCCCC1. The molecule has 2 N–H and O–H groups in total. The molecule has 1 unspecified atom stereocenters. The molecule has 18 heavy (non-hydrogen) atoms. The van der Waals surface area contributed by atoms with Gasteiger partial charge in [-0.25, -0.2) is 0 Å². The summed E-state index contributed by atoms with van der Waals surface area (Å²) in [6.07, 6.45) is 9.13. The van der Waals surface area contributed by atoms with Crippen molar-refractivity contribution in [2.45, 2.75) is 64.0 Å². The molecule has 2 atom stereocenters. The van der Waals surface area contributed by atoms with Crippen LogP contribution in [0.4, 0.5) is 0 Å². The van der Waals surface area contributed by atoms with Crippen LogP contribution in [-0.2, 0) is 4.74 Å². The van der Waals surface area contributed by atoms with Gasteiger partial charge in [-0.15, -0.1) is 0 Å². The van der Waals surface area contributed by atoms with Crippen molar-refractivity contribution in [3.63, 3.8) is 0 Å². The first-order valence-corrected chi connectivity index (χ1v) is 7.75. The lowest BCUT2D eigenvalue weighted by Crippen LogP contribution is -2.40. The van der Waals surface area contributed by atoms with Crippen LogP contribution in [0.15, 0.2) is 0 Å². The van der Waals surface area contributed by atoms with Gasteiger partial charge in [0.1, 0.15) is 0 Å². The number of ether oxygens (including phenoxy) is 1. The summed E-state index contributed by atoms with van der Waals surface area (Å²) in [7, 11) is 0. The van der Waals surface area contributed by atoms with Crippen molar-refractivity contribution >= 4 is 0 Å². The fourth-order valence-electron chi connectivity index (χ4n) is 2.84. The molecule has 0 bridgehead atoms. The van der Waals surface area contributed by atoms with Gasteiger partial charge in [-0.3, -0.25) is 0 Å². The Hall–Kier alpha value is -0.120. The third-order valence-electron chi connectivity index (χ3n) is 4.39. The van der Waals surface area contributed by atoms with Gasteiger partial charge in [0.2, 0.25) is 0 Å². The lowest BCUT2D eigenvalue weighted by molar-refractivity contribution is 0.0302. The standard InChI is InChI=1S/C15H29NO2/c1-12(14-5-3-2-4-6-14)16-9-15(17)11-18-10-13-7-8-13/h12-17H,2-11H2,1H3/t12-,15?/m0/s1. The number of aliphatic hydroxyl groups excluding tert-OH is 1. The fraction of sp³-hybridized carbons (Fsp3) is 1.00. The molecule has 106 valence electrons. The fourth-order valence-corrected chi connectivity index (χ4v) is 2.84. The molecule has 0 aromatic rings. The Balaban J connectivity index is 1.51. The molecule has 2 fully saturated rings. The van der Waals surface area contributed by atoms with E-state index in [1.165, 1.54) is 44.9 Å². The first kappa shape index (κ1) is 14.3. The monoisotopic (exact) mass is 255 g/mol. The highest BCUT2D eigenvalue weighted by Crippen LogP contribution is 2.28. The molecule has 3 heteroatoms. The highest BCUT2D eigenvalue weighted by atomic mass is 16.5. The van der Waals surface area contributed by atoms with Crippen molar-refractivity contribution in [2.75, 3.05) is 19.8 Å². The zero-order valence-electron chi connectivity index (χ0n) is 11.7. The van der Waals surface area contributed by atoms with E-state index in [2.05, 4.69) is 12.2 Å². The molecule has 0 saturated heterocycles.